The number of aryl methyl sites for hydroxylation is 1. The van der Waals surface area contributed by atoms with Crippen molar-refractivity contribution in [3.63, 3.8) is 0 Å². The Morgan fingerprint density at radius 2 is 2.24 bits per heavy atom. The molecule has 0 aromatic heterocycles. The second kappa shape index (κ2) is 5.69. The van der Waals surface area contributed by atoms with E-state index < -0.39 is 0 Å². The molecule has 2 nitrogen and oxygen atoms in total. The van der Waals surface area contributed by atoms with E-state index in [1.165, 1.54) is 11.1 Å². The zero-order valence-corrected chi connectivity index (χ0v) is 11.9. The Hall–Kier alpha value is -0.800. The van der Waals surface area contributed by atoms with Crippen molar-refractivity contribution in [2.75, 3.05) is 13.2 Å². The van der Waals surface area contributed by atoms with Gasteiger partial charge in [0.2, 0.25) is 0 Å². The van der Waals surface area contributed by atoms with E-state index in [0.29, 0.717) is 0 Å². The van der Waals surface area contributed by atoms with Crippen LogP contribution in [0.3, 0.4) is 0 Å². The van der Waals surface area contributed by atoms with E-state index in [9.17, 15) is 0 Å². The van der Waals surface area contributed by atoms with E-state index in [2.05, 4.69) is 59.4 Å². The van der Waals surface area contributed by atoms with Crippen LogP contribution in [0, 0.1) is 6.92 Å². The zero-order valence-electron chi connectivity index (χ0n) is 10.3. The van der Waals surface area contributed by atoms with Crippen LogP contribution in [0.25, 0.3) is 0 Å². The van der Waals surface area contributed by atoms with Crippen molar-refractivity contribution in [1.82, 2.24) is 5.32 Å². The molecule has 92 valence electrons. The Morgan fingerprint density at radius 1 is 1.41 bits per heavy atom. The molecule has 1 unspecified atom stereocenters. The molecule has 0 fully saturated rings. The quantitative estimate of drug-likeness (QED) is 0.914. The Bertz CT molecular complexity index is 408. The first-order chi connectivity index (χ1) is 8.20. The summed E-state index contributed by atoms with van der Waals surface area (Å²) < 4.78 is 6.80. The highest BCUT2D eigenvalue weighted by Gasteiger charge is 2.20. The van der Waals surface area contributed by atoms with Gasteiger partial charge in [0, 0.05) is 10.9 Å². The Balaban J connectivity index is 2.31. The summed E-state index contributed by atoms with van der Waals surface area (Å²) in [6.45, 7) is 5.97. The molecule has 0 saturated carbocycles. The molecular formula is C14H18BrNO. The van der Waals surface area contributed by atoms with Crippen molar-refractivity contribution in [3.8, 4) is 0 Å². The molecule has 0 spiro atoms. The number of hydrogen-bond acceptors (Lipinski definition) is 2. The van der Waals surface area contributed by atoms with Crippen molar-refractivity contribution < 1.29 is 4.74 Å². The molecule has 0 aliphatic carbocycles. The van der Waals surface area contributed by atoms with Crippen LogP contribution in [0.2, 0.25) is 0 Å². The maximum absolute atomic E-state index is 5.69. The monoisotopic (exact) mass is 295 g/mol. The van der Waals surface area contributed by atoms with Gasteiger partial charge in [0.25, 0.3) is 0 Å². The lowest BCUT2D eigenvalue weighted by molar-refractivity contribution is 0.216. The van der Waals surface area contributed by atoms with E-state index in [1.807, 2.05) is 0 Å². The first-order valence-corrected chi connectivity index (χ1v) is 6.83. The molecule has 1 aromatic rings. The summed E-state index contributed by atoms with van der Waals surface area (Å²) in [5, 5.41) is 3.48. The maximum Gasteiger partial charge on any atom is 0.114 e. The lowest BCUT2D eigenvalue weighted by Gasteiger charge is -2.20. The van der Waals surface area contributed by atoms with E-state index >= 15 is 0 Å². The van der Waals surface area contributed by atoms with Crippen LogP contribution in [0.1, 0.15) is 30.5 Å². The minimum atomic E-state index is 0.179. The SMILES string of the molecule is CCNC(C1=CCCO1)c1cc(C)cc(Br)c1. The molecule has 1 aliphatic heterocycles. The molecule has 1 aromatic carbocycles. The fourth-order valence-electron chi connectivity index (χ4n) is 2.16. The molecule has 0 saturated heterocycles. The minimum Gasteiger partial charge on any atom is -0.496 e. The smallest absolute Gasteiger partial charge is 0.114 e. The highest BCUT2D eigenvalue weighted by Crippen LogP contribution is 2.29. The highest BCUT2D eigenvalue weighted by molar-refractivity contribution is 9.10. The van der Waals surface area contributed by atoms with Gasteiger partial charge in [0.1, 0.15) is 5.76 Å². The molecule has 1 atom stereocenters. The third-order valence-electron chi connectivity index (χ3n) is 2.82. The predicted octanol–water partition coefficient (Wildman–Crippen LogP) is 3.71. The lowest BCUT2D eigenvalue weighted by atomic mass is 10.0. The summed E-state index contributed by atoms with van der Waals surface area (Å²) >= 11 is 3.55. The number of benzene rings is 1. The topological polar surface area (TPSA) is 21.3 Å². The minimum absolute atomic E-state index is 0.179. The van der Waals surface area contributed by atoms with Gasteiger partial charge in [-0.1, -0.05) is 28.9 Å². The number of hydrogen-bond donors (Lipinski definition) is 1. The van der Waals surface area contributed by atoms with Crippen LogP contribution in [-0.2, 0) is 4.74 Å². The number of halogens is 1. The molecular weight excluding hydrogens is 278 g/mol. The van der Waals surface area contributed by atoms with Crippen LogP contribution < -0.4 is 5.32 Å². The van der Waals surface area contributed by atoms with Crippen molar-refractivity contribution in [3.05, 3.63) is 45.6 Å². The van der Waals surface area contributed by atoms with Crippen LogP contribution in [0.5, 0.6) is 0 Å². The lowest BCUT2D eigenvalue weighted by Crippen LogP contribution is -2.23. The Labute approximate surface area is 111 Å². The molecule has 1 heterocycles. The number of ether oxygens (including phenoxy) is 1. The average Bonchev–Trinajstić information content (AvgIpc) is 2.77. The largest absolute Gasteiger partial charge is 0.496 e. The second-order valence-electron chi connectivity index (χ2n) is 4.30. The normalized spacial score (nSPS) is 16.5. The summed E-state index contributed by atoms with van der Waals surface area (Å²) in [5.74, 6) is 1.06. The zero-order chi connectivity index (χ0) is 12.3. The van der Waals surface area contributed by atoms with Gasteiger partial charge in [-0.2, -0.15) is 0 Å². The van der Waals surface area contributed by atoms with Crippen molar-refractivity contribution in [1.29, 1.82) is 0 Å². The second-order valence-corrected chi connectivity index (χ2v) is 5.21. The molecule has 1 N–H and O–H groups in total. The van der Waals surface area contributed by atoms with Crippen molar-refractivity contribution >= 4 is 15.9 Å². The van der Waals surface area contributed by atoms with Gasteiger partial charge < -0.3 is 10.1 Å². The van der Waals surface area contributed by atoms with Gasteiger partial charge in [-0.15, -0.1) is 0 Å². The molecule has 2 rings (SSSR count). The first kappa shape index (κ1) is 12.7. The van der Waals surface area contributed by atoms with Gasteiger partial charge in [-0.05, 0) is 42.8 Å². The molecule has 0 amide bonds. The summed E-state index contributed by atoms with van der Waals surface area (Å²) in [6, 6.07) is 6.67. The average molecular weight is 296 g/mol. The fraction of sp³-hybridized carbons (Fsp3) is 0.429. The third kappa shape index (κ3) is 3.11. The van der Waals surface area contributed by atoms with Crippen LogP contribution in [0.4, 0.5) is 0 Å². The summed E-state index contributed by atoms with van der Waals surface area (Å²) in [7, 11) is 0. The van der Waals surface area contributed by atoms with Crippen molar-refractivity contribution in [2.45, 2.75) is 26.3 Å². The number of rotatable bonds is 4. The van der Waals surface area contributed by atoms with Gasteiger partial charge in [0.15, 0.2) is 0 Å². The molecule has 17 heavy (non-hydrogen) atoms. The summed E-state index contributed by atoms with van der Waals surface area (Å²) in [5.41, 5.74) is 2.52. The summed E-state index contributed by atoms with van der Waals surface area (Å²) in [6.07, 6.45) is 3.20. The van der Waals surface area contributed by atoms with Crippen LogP contribution >= 0.6 is 15.9 Å². The van der Waals surface area contributed by atoms with Gasteiger partial charge in [0.05, 0.1) is 12.6 Å². The van der Waals surface area contributed by atoms with E-state index in [0.717, 1.165) is 29.8 Å². The molecule has 1 aliphatic rings. The van der Waals surface area contributed by atoms with E-state index in [-0.39, 0.29) is 6.04 Å². The fourth-order valence-corrected chi connectivity index (χ4v) is 2.78. The standard InChI is InChI=1S/C14H18BrNO/c1-3-16-14(13-5-4-6-17-13)11-7-10(2)8-12(15)9-11/h5,7-9,14,16H,3-4,6H2,1-2H3. The van der Waals surface area contributed by atoms with Gasteiger partial charge >= 0.3 is 0 Å². The van der Waals surface area contributed by atoms with Crippen LogP contribution in [-0.4, -0.2) is 13.2 Å². The van der Waals surface area contributed by atoms with E-state index in [1.54, 1.807) is 0 Å². The molecule has 0 bridgehead atoms. The molecule has 3 heteroatoms. The van der Waals surface area contributed by atoms with Gasteiger partial charge in [-0.25, -0.2) is 0 Å². The maximum atomic E-state index is 5.69. The van der Waals surface area contributed by atoms with Crippen molar-refractivity contribution in [2.24, 2.45) is 0 Å². The predicted molar refractivity (Wildman–Crippen MR) is 73.9 cm³/mol. The third-order valence-corrected chi connectivity index (χ3v) is 3.28. The van der Waals surface area contributed by atoms with Gasteiger partial charge in [-0.3, -0.25) is 0 Å². The Kier molecular flexibility index (Phi) is 4.24. The number of nitrogens with one attached hydrogen (secondary N) is 1. The molecule has 0 radical (unpaired) electrons. The van der Waals surface area contributed by atoms with E-state index in [4.69, 9.17) is 4.74 Å². The number of likely N-dealkylation sites (N-methyl/N-ethyl adjacent to an activating group) is 1. The van der Waals surface area contributed by atoms with Crippen LogP contribution in [0.15, 0.2) is 34.5 Å². The first-order valence-electron chi connectivity index (χ1n) is 6.04. The Morgan fingerprint density at radius 3 is 2.82 bits per heavy atom. The summed E-state index contributed by atoms with van der Waals surface area (Å²) in [4.78, 5) is 0. The highest BCUT2D eigenvalue weighted by atomic mass is 79.9.